The van der Waals surface area contributed by atoms with E-state index in [0.29, 0.717) is 17.8 Å². The molecule has 2 aromatic heterocycles. The van der Waals surface area contributed by atoms with Gasteiger partial charge in [-0.1, -0.05) is 0 Å². The van der Waals surface area contributed by atoms with Crippen molar-refractivity contribution in [3.05, 3.63) is 23.5 Å². The van der Waals surface area contributed by atoms with Crippen molar-refractivity contribution in [2.45, 2.75) is 32.9 Å². The Hall–Kier alpha value is -2.48. The van der Waals surface area contributed by atoms with Gasteiger partial charge in [-0.15, -0.1) is 0 Å². The fourth-order valence-corrected chi connectivity index (χ4v) is 2.81. The first-order valence-electron chi connectivity index (χ1n) is 7.87. The molecule has 1 N–H and O–H groups in total. The van der Waals surface area contributed by atoms with Crippen LogP contribution in [0.3, 0.4) is 0 Å². The minimum absolute atomic E-state index is 0.0386. The van der Waals surface area contributed by atoms with Crippen molar-refractivity contribution in [1.29, 1.82) is 0 Å². The van der Waals surface area contributed by atoms with Crippen molar-refractivity contribution in [2.75, 3.05) is 19.7 Å². The van der Waals surface area contributed by atoms with Gasteiger partial charge in [-0.05, 0) is 26.8 Å². The maximum absolute atomic E-state index is 12.8. The number of rotatable bonds is 3. The number of fused-ring (bicyclic) bond motifs is 1. The Morgan fingerprint density at radius 1 is 1.42 bits per heavy atom. The largest absolute Gasteiger partial charge is 0.479 e. The predicted molar refractivity (Wildman–Crippen MR) is 85.9 cm³/mol. The van der Waals surface area contributed by atoms with E-state index in [1.54, 1.807) is 19.2 Å². The Labute approximate surface area is 139 Å². The number of ether oxygens (including phenoxy) is 1. The lowest BCUT2D eigenvalue weighted by Crippen LogP contribution is -2.48. The highest BCUT2D eigenvalue weighted by molar-refractivity contribution is 5.98. The molecule has 0 aromatic carbocycles. The molecule has 24 heavy (non-hydrogen) atoms. The van der Waals surface area contributed by atoms with Gasteiger partial charge in [0.2, 0.25) is 0 Å². The van der Waals surface area contributed by atoms with E-state index in [4.69, 9.17) is 9.84 Å². The number of pyridine rings is 1. The number of aromatic nitrogens is 3. The van der Waals surface area contributed by atoms with Gasteiger partial charge >= 0.3 is 5.97 Å². The Morgan fingerprint density at radius 3 is 2.83 bits per heavy atom. The SMILES string of the molecule is Cc1nc2c(cnn2C(C)C)cc1C(=O)N1CCOC(C(=O)O)C1. The summed E-state index contributed by atoms with van der Waals surface area (Å²) in [6.45, 7) is 6.43. The van der Waals surface area contributed by atoms with Crippen LogP contribution in [0.2, 0.25) is 0 Å². The summed E-state index contributed by atoms with van der Waals surface area (Å²) in [4.78, 5) is 29.9. The van der Waals surface area contributed by atoms with E-state index >= 15 is 0 Å². The van der Waals surface area contributed by atoms with Crippen molar-refractivity contribution in [3.8, 4) is 0 Å². The third kappa shape index (κ3) is 2.84. The van der Waals surface area contributed by atoms with Crippen molar-refractivity contribution < 1.29 is 19.4 Å². The van der Waals surface area contributed by atoms with E-state index in [9.17, 15) is 9.59 Å². The molecule has 8 heteroatoms. The molecule has 1 fully saturated rings. The van der Waals surface area contributed by atoms with Gasteiger partial charge in [-0.2, -0.15) is 5.10 Å². The predicted octanol–water partition coefficient (Wildman–Crippen LogP) is 1.25. The van der Waals surface area contributed by atoms with E-state index in [-0.39, 0.29) is 25.1 Å². The zero-order chi connectivity index (χ0) is 17.4. The number of carbonyl (C=O) groups excluding carboxylic acids is 1. The van der Waals surface area contributed by atoms with Crippen LogP contribution in [0.1, 0.15) is 35.9 Å². The summed E-state index contributed by atoms with van der Waals surface area (Å²) in [5.41, 5.74) is 1.81. The lowest BCUT2D eigenvalue weighted by atomic mass is 10.1. The molecule has 0 aliphatic carbocycles. The summed E-state index contributed by atoms with van der Waals surface area (Å²) in [6.07, 6.45) is 0.709. The minimum Gasteiger partial charge on any atom is -0.479 e. The molecule has 1 saturated heterocycles. The minimum atomic E-state index is -1.06. The number of aryl methyl sites for hydroxylation is 1. The molecular weight excluding hydrogens is 312 g/mol. The van der Waals surface area contributed by atoms with Crippen LogP contribution in [0.15, 0.2) is 12.3 Å². The number of morpholine rings is 1. The summed E-state index contributed by atoms with van der Waals surface area (Å²) >= 11 is 0. The molecule has 1 aliphatic heterocycles. The van der Waals surface area contributed by atoms with Crippen LogP contribution in [0.25, 0.3) is 11.0 Å². The van der Waals surface area contributed by atoms with E-state index < -0.39 is 12.1 Å². The molecule has 0 bridgehead atoms. The molecule has 0 radical (unpaired) electrons. The molecule has 1 atom stereocenters. The normalized spacial score (nSPS) is 18.3. The first kappa shape index (κ1) is 16.4. The summed E-state index contributed by atoms with van der Waals surface area (Å²) in [5, 5.41) is 14.2. The third-order valence-corrected chi connectivity index (χ3v) is 4.11. The topological polar surface area (TPSA) is 97.5 Å². The highest BCUT2D eigenvalue weighted by atomic mass is 16.5. The van der Waals surface area contributed by atoms with Crippen LogP contribution >= 0.6 is 0 Å². The first-order chi connectivity index (χ1) is 11.4. The van der Waals surface area contributed by atoms with E-state index in [0.717, 1.165) is 11.0 Å². The summed E-state index contributed by atoms with van der Waals surface area (Å²) in [5.74, 6) is -1.29. The van der Waals surface area contributed by atoms with Crippen LogP contribution in [0.4, 0.5) is 0 Å². The van der Waals surface area contributed by atoms with Crippen LogP contribution in [0, 0.1) is 6.92 Å². The maximum atomic E-state index is 12.8. The Bertz CT molecular complexity index is 799. The van der Waals surface area contributed by atoms with Gasteiger partial charge in [0.15, 0.2) is 11.8 Å². The molecule has 1 aliphatic rings. The molecule has 2 aromatic rings. The second-order valence-electron chi connectivity index (χ2n) is 6.17. The van der Waals surface area contributed by atoms with E-state index in [2.05, 4.69) is 10.1 Å². The number of aliphatic carboxylic acids is 1. The number of hydrogen-bond acceptors (Lipinski definition) is 5. The van der Waals surface area contributed by atoms with Gasteiger partial charge in [0.1, 0.15) is 0 Å². The summed E-state index contributed by atoms with van der Waals surface area (Å²) < 4.78 is 6.97. The second-order valence-corrected chi connectivity index (χ2v) is 6.17. The van der Waals surface area contributed by atoms with Crippen LogP contribution in [-0.2, 0) is 9.53 Å². The van der Waals surface area contributed by atoms with Crippen LogP contribution in [-0.4, -0.2) is 62.4 Å². The van der Waals surface area contributed by atoms with Gasteiger partial charge in [-0.25, -0.2) is 14.5 Å². The zero-order valence-corrected chi connectivity index (χ0v) is 13.9. The average Bonchev–Trinajstić information content (AvgIpc) is 2.96. The number of carbonyl (C=O) groups is 2. The fraction of sp³-hybridized carbons (Fsp3) is 0.500. The second kappa shape index (κ2) is 6.20. The standard InChI is InChI=1S/C16H20N4O4/c1-9(2)20-14-11(7-17-20)6-12(10(3)18-14)15(21)19-4-5-24-13(8-19)16(22)23/h6-7,9,13H,4-5,8H2,1-3H3,(H,22,23). The van der Waals surface area contributed by atoms with Gasteiger partial charge in [-0.3, -0.25) is 4.79 Å². The highest BCUT2D eigenvalue weighted by Gasteiger charge is 2.30. The van der Waals surface area contributed by atoms with Gasteiger partial charge in [0.05, 0.1) is 30.6 Å². The summed E-state index contributed by atoms with van der Waals surface area (Å²) in [7, 11) is 0. The molecule has 128 valence electrons. The van der Waals surface area contributed by atoms with Gasteiger partial charge in [0.25, 0.3) is 5.91 Å². The Morgan fingerprint density at radius 2 is 2.17 bits per heavy atom. The zero-order valence-electron chi connectivity index (χ0n) is 13.9. The lowest BCUT2D eigenvalue weighted by Gasteiger charge is -2.31. The van der Waals surface area contributed by atoms with Crippen LogP contribution in [0.5, 0.6) is 0 Å². The molecule has 0 saturated carbocycles. The Balaban J connectivity index is 1.92. The average molecular weight is 332 g/mol. The van der Waals surface area contributed by atoms with Crippen molar-refractivity contribution in [3.63, 3.8) is 0 Å². The quantitative estimate of drug-likeness (QED) is 0.908. The van der Waals surface area contributed by atoms with Crippen molar-refractivity contribution in [2.24, 2.45) is 0 Å². The molecule has 8 nitrogen and oxygen atoms in total. The van der Waals surface area contributed by atoms with Crippen LogP contribution < -0.4 is 0 Å². The highest BCUT2D eigenvalue weighted by Crippen LogP contribution is 2.21. The first-order valence-corrected chi connectivity index (χ1v) is 7.87. The number of amides is 1. The van der Waals surface area contributed by atoms with E-state index in [1.807, 2.05) is 18.5 Å². The number of nitrogens with zero attached hydrogens (tertiary/aromatic N) is 4. The number of carboxylic acids is 1. The fourth-order valence-electron chi connectivity index (χ4n) is 2.81. The number of hydrogen-bond donors (Lipinski definition) is 1. The van der Waals surface area contributed by atoms with E-state index in [1.165, 1.54) is 4.90 Å². The molecule has 3 rings (SSSR count). The van der Waals surface area contributed by atoms with Gasteiger partial charge in [0, 0.05) is 18.0 Å². The molecule has 1 amide bonds. The molecule has 1 unspecified atom stereocenters. The smallest absolute Gasteiger partial charge is 0.334 e. The van der Waals surface area contributed by atoms with Crippen molar-refractivity contribution >= 4 is 22.9 Å². The monoisotopic (exact) mass is 332 g/mol. The molecule has 0 spiro atoms. The van der Waals surface area contributed by atoms with Crippen molar-refractivity contribution in [1.82, 2.24) is 19.7 Å². The summed E-state index contributed by atoms with van der Waals surface area (Å²) in [6, 6.07) is 1.95. The maximum Gasteiger partial charge on any atom is 0.334 e. The number of carboxylic acid groups (broad SMARTS) is 1. The molecular formula is C16H20N4O4. The van der Waals surface area contributed by atoms with Gasteiger partial charge < -0.3 is 14.7 Å². The third-order valence-electron chi connectivity index (χ3n) is 4.11. The Kier molecular flexibility index (Phi) is 4.23. The lowest BCUT2D eigenvalue weighted by molar-refractivity contribution is -0.154. The molecule has 3 heterocycles.